The van der Waals surface area contributed by atoms with E-state index in [0.29, 0.717) is 19.7 Å². The summed E-state index contributed by atoms with van der Waals surface area (Å²) in [5.41, 5.74) is 0. The minimum Gasteiger partial charge on any atom is -0.481 e. The molecule has 1 atom stereocenters. The molecule has 1 unspecified atom stereocenters. The minimum absolute atomic E-state index is 0.349. The lowest BCUT2D eigenvalue weighted by molar-refractivity contribution is -0.150. The topological polar surface area (TPSA) is 70.1 Å². The molecule has 1 amide bonds. The zero-order valence-electron chi connectivity index (χ0n) is 11.7. The molecule has 0 aromatic heterocycles. The van der Waals surface area contributed by atoms with Crippen molar-refractivity contribution in [3.8, 4) is 0 Å². The van der Waals surface area contributed by atoms with Crippen LogP contribution in [-0.2, 0) is 14.3 Å². The van der Waals surface area contributed by atoms with E-state index in [1.54, 1.807) is 12.0 Å². The molecule has 0 radical (unpaired) electrons. The van der Waals surface area contributed by atoms with Crippen LogP contribution in [0, 0.1) is 5.92 Å². The Morgan fingerprint density at radius 2 is 1.83 bits per heavy atom. The molecular formula is C12H24N2O4. The summed E-state index contributed by atoms with van der Waals surface area (Å²) in [5.74, 6) is -2.44. The van der Waals surface area contributed by atoms with E-state index in [1.165, 1.54) is 6.92 Å². The van der Waals surface area contributed by atoms with E-state index in [-0.39, 0.29) is 5.91 Å². The van der Waals surface area contributed by atoms with Gasteiger partial charge in [-0.25, -0.2) is 0 Å². The molecule has 0 bridgehead atoms. The molecule has 0 fully saturated rings. The Labute approximate surface area is 109 Å². The maximum absolute atomic E-state index is 11.9. The summed E-state index contributed by atoms with van der Waals surface area (Å²) in [7, 11) is 5.48. The molecule has 106 valence electrons. The van der Waals surface area contributed by atoms with Crippen LogP contribution in [-0.4, -0.2) is 74.2 Å². The summed E-state index contributed by atoms with van der Waals surface area (Å²) >= 11 is 0. The van der Waals surface area contributed by atoms with Crippen molar-refractivity contribution in [3.05, 3.63) is 0 Å². The summed E-state index contributed by atoms with van der Waals surface area (Å²) in [4.78, 5) is 26.3. The third-order valence-corrected chi connectivity index (χ3v) is 2.65. The third-order valence-electron chi connectivity index (χ3n) is 2.65. The van der Waals surface area contributed by atoms with Crippen molar-refractivity contribution in [1.82, 2.24) is 9.80 Å². The molecule has 0 aliphatic carbocycles. The summed E-state index contributed by atoms with van der Waals surface area (Å²) in [6.07, 6.45) is 0.814. The van der Waals surface area contributed by atoms with E-state index in [2.05, 4.69) is 0 Å². The smallest absolute Gasteiger partial charge is 0.315 e. The van der Waals surface area contributed by atoms with Crippen molar-refractivity contribution in [3.63, 3.8) is 0 Å². The van der Waals surface area contributed by atoms with E-state index < -0.39 is 11.9 Å². The van der Waals surface area contributed by atoms with Crippen molar-refractivity contribution in [1.29, 1.82) is 0 Å². The number of amides is 1. The highest BCUT2D eigenvalue weighted by Crippen LogP contribution is 2.04. The molecule has 0 aromatic rings. The Morgan fingerprint density at radius 3 is 2.28 bits per heavy atom. The number of carbonyl (C=O) groups is 2. The molecule has 6 nitrogen and oxygen atoms in total. The van der Waals surface area contributed by atoms with Gasteiger partial charge in [-0.15, -0.1) is 0 Å². The van der Waals surface area contributed by atoms with E-state index in [0.717, 1.165) is 13.0 Å². The number of rotatable bonds is 9. The zero-order chi connectivity index (χ0) is 14.1. The van der Waals surface area contributed by atoms with Crippen LogP contribution in [0.25, 0.3) is 0 Å². The highest BCUT2D eigenvalue weighted by molar-refractivity contribution is 5.96. The molecule has 0 rings (SSSR count). The number of hydrogen-bond acceptors (Lipinski definition) is 4. The van der Waals surface area contributed by atoms with Gasteiger partial charge in [-0.1, -0.05) is 0 Å². The Hall–Kier alpha value is -1.14. The summed E-state index contributed by atoms with van der Waals surface area (Å²) < 4.78 is 4.94. The van der Waals surface area contributed by atoms with Crippen molar-refractivity contribution < 1.29 is 19.4 Å². The lowest BCUT2D eigenvalue weighted by Crippen LogP contribution is -2.41. The predicted molar refractivity (Wildman–Crippen MR) is 68.4 cm³/mol. The highest BCUT2D eigenvalue weighted by atomic mass is 16.5. The van der Waals surface area contributed by atoms with Gasteiger partial charge in [0.1, 0.15) is 5.92 Å². The third kappa shape index (κ3) is 6.56. The zero-order valence-corrected chi connectivity index (χ0v) is 11.7. The second-order valence-corrected chi connectivity index (χ2v) is 4.53. The van der Waals surface area contributed by atoms with Gasteiger partial charge < -0.3 is 19.6 Å². The average molecular weight is 260 g/mol. The molecular weight excluding hydrogens is 236 g/mol. The second kappa shape index (κ2) is 8.88. The number of carboxylic acids is 1. The maximum Gasteiger partial charge on any atom is 0.315 e. The summed E-state index contributed by atoms with van der Waals surface area (Å²) in [5, 5.41) is 8.85. The molecule has 0 aliphatic rings. The van der Waals surface area contributed by atoms with Crippen LogP contribution in [0.15, 0.2) is 0 Å². The van der Waals surface area contributed by atoms with Gasteiger partial charge in [0.2, 0.25) is 5.91 Å². The Bertz CT molecular complexity index is 269. The predicted octanol–water partition coefficient (Wildman–Crippen LogP) is 0.134. The molecule has 6 heteroatoms. The number of nitrogens with zero attached hydrogens (tertiary/aromatic N) is 2. The largest absolute Gasteiger partial charge is 0.481 e. The first-order valence-corrected chi connectivity index (χ1v) is 6.05. The van der Waals surface area contributed by atoms with Crippen molar-refractivity contribution in [2.24, 2.45) is 5.92 Å². The standard InChI is InChI=1S/C12H24N2O4/c1-10(12(16)17)11(15)14(8-9-18-4)7-5-6-13(2)3/h10H,5-9H2,1-4H3,(H,16,17). The van der Waals surface area contributed by atoms with Crippen LogP contribution in [0.3, 0.4) is 0 Å². The van der Waals surface area contributed by atoms with Gasteiger partial charge in [-0.2, -0.15) is 0 Å². The molecule has 0 spiro atoms. The van der Waals surface area contributed by atoms with E-state index >= 15 is 0 Å². The molecule has 0 saturated carbocycles. The van der Waals surface area contributed by atoms with E-state index in [1.807, 2.05) is 19.0 Å². The molecule has 0 saturated heterocycles. The van der Waals surface area contributed by atoms with E-state index in [9.17, 15) is 9.59 Å². The van der Waals surface area contributed by atoms with Crippen molar-refractivity contribution in [2.45, 2.75) is 13.3 Å². The quantitative estimate of drug-likeness (QED) is 0.597. The second-order valence-electron chi connectivity index (χ2n) is 4.53. The monoisotopic (exact) mass is 260 g/mol. The first kappa shape index (κ1) is 16.9. The number of ether oxygens (including phenoxy) is 1. The number of carbonyl (C=O) groups excluding carboxylic acids is 1. The number of aliphatic carboxylic acids is 1. The van der Waals surface area contributed by atoms with Gasteiger partial charge in [-0.3, -0.25) is 9.59 Å². The number of hydrogen-bond donors (Lipinski definition) is 1. The van der Waals surface area contributed by atoms with Gasteiger partial charge in [0.15, 0.2) is 0 Å². The van der Waals surface area contributed by atoms with Crippen LogP contribution >= 0.6 is 0 Å². The van der Waals surface area contributed by atoms with Crippen LogP contribution < -0.4 is 0 Å². The lowest BCUT2D eigenvalue weighted by atomic mass is 10.1. The van der Waals surface area contributed by atoms with Crippen molar-refractivity contribution in [2.75, 3.05) is 47.4 Å². The first-order valence-electron chi connectivity index (χ1n) is 6.05. The van der Waals surface area contributed by atoms with Gasteiger partial charge in [-0.05, 0) is 34.0 Å². The fourth-order valence-electron chi connectivity index (χ4n) is 1.49. The van der Waals surface area contributed by atoms with Crippen LogP contribution in [0.2, 0.25) is 0 Å². The van der Waals surface area contributed by atoms with Crippen LogP contribution in [0.5, 0.6) is 0 Å². The van der Waals surface area contributed by atoms with E-state index in [4.69, 9.17) is 9.84 Å². The maximum atomic E-state index is 11.9. The highest BCUT2D eigenvalue weighted by Gasteiger charge is 2.25. The fraction of sp³-hybridized carbons (Fsp3) is 0.833. The average Bonchev–Trinajstić information content (AvgIpc) is 2.31. The summed E-state index contributed by atoms with van der Waals surface area (Å²) in [6.45, 7) is 3.67. The Balaban J connectivity index is 4.36. The number of carboxylic acid groups (broad SMARTS) is 1. The van der Waals surface area contributed by atoms with Crippen molar-refractivity contribution >= 4 is 11.9 Å². The normalized spacial score (nSPS) is 12.5. The van der Waals surface area contributed by atoms with Crippen LogP contribution in [0.4, 0.5) is 0 Å². The molecule has 1 N–H and O–H groups in total. The first-order chi connectivity index (χ1) is 8.40. The van der Waals surface area contributed by atoms with Gasteiger partial charge >= 0.3 is 5.97 Å². The van der Waals surface area contributed by atoms with Crippen LogP contribution in [0.1, 0.15) is 13.3 Å². The SMILES string of the molecule is COCCN(CCCN(C)C)C(=O)C(C)C(=O)O. The van der Waals surface area contributed by atoms with Gasteiger partial charge in [0.25, 0.3) is 0 Å². The molecule has 18 heavy (non-hydrogen) atoms. The minimum atomic E-state index is -1.09. The summed E-state index contributed by atoms with van der Waals surface area (Å²) in [6, 6.07) is 0. The van der Waals surface area contributed by atoms with Gasteiger partial charge in [0.05, 0.1) is 6.61 Å². The molecule has 0 aliphatic heterocycles. The number of methoxy groups -OCH3 is 1. The fourth-order valence-corrected chi connectivity index (χ4v) is 1.49. The molecule has 0 heterocycles. The Kier molecular flexibility index (Phi) is 8.32. The van der Waals surface area contributed by atoms with Gasteiger partial charge in [0, 0.05) is 20.2 Å². The Morgan fingerprint density at radius 1 is 1.22 bits per heavy atom. The lowest BCUT2D eigenvalue weighted by Gasteiger charge is -2.24. The molecule has 0 aromatic carbocycles.